The lowest BCUT2D eigenvalue weighted by atomic mass is 10.2. The Bertz CT molecular complexity index is 611. The maximum absolute atomic E-state index is 5.34. The van der Waals surface area contributed by atoms with Crippen LogP contribution in [-0.4, -0.2) is 33.3 Å². The molecule has 1 aromatic carbocycles. The highest BCUT2D eigenvalue weighted by molar-refractivity contribution is 7.15. The van der Waals surface area contributed by atoms with Gasteiger partial charge in [-0.15, -0.1) is 0 Å². The van der Waals surface area contributed by atoms with E-state index in [1.807, 2.05) is 37.2 Å². The van der Waals surface area contributed by atoms with E-state index in [1.54, 1.807) is 25.6 Å². The van der Waals surface area contributed by atoms with E-state index in [0.29, 0.717) is 12.4 Å². The first kappa shape index (κ1) is 15.4. The number of methoxy groups -OCH3 is 2. The van der Waals surface area contributed by atoms with Gasteiger partial charge in [0.05, 0.1) is 25.6 Å². The van der Waals surface area contributed by atoms with Crippen LogP contribution in [0.1, 0.15) is 10.4 Å². The summed E-state index contributed by atoms with van der Waals surface area (Å²) in [4.78, 5) is 7.51. The van der Waals surface area contributed by atoms with Crippen LogP contribution < -0.4 is 19.7 Å². The van der Waals surface area contributed by atoms with Crippen molar-refractivity contribution < 1.29 is 9.47 Å². The molecule has 0 amide bonds. The van der Waals surface area contributed by atoms with Crippen molar-refractivity contribution in [3.63, 3.8) is 0 Å². The summed E-state index contributed by atoms with van der Waals surface area (Å²) in [5.74, 6) is 1.55. The van der Waals surface area contributed by atoms with Gasteiger partial charge in [-0.2, -0.15) is 4.98 Å². The first-order chi connectivity index (χ1) is 10.0. The van der Waals surface area contributed by atoms with Crippen LogP contribution >= 0.6 is 11.3 Å². The molecule has 2 rings (SSSR count). The Morgan fingerprint density at radius 3 is 2.57 bits per heavy atom. The molecule has 5 nitrogen and oxygen atoms in total. The molecule has 0 saturated carbocycles. The summed E-state index contributed by atoms with van der Waals surface area (Å²) in [6.07, 6.45) is 0. The predicted octanol–water partition coefficient (Wildman–Crippen LogP) is 3.15. The van der Waals surface area contributed by atoms with Crippen LogP contribution in [0, 0.1) is 6.92 Å². The third-order valence-corrected chi connectivity index (χ3v) is 4.30. The van der Waals surface area contributed by atoms with Crippen molar-refractivity contribution in [2.45, 2.75) is 13.5 Å². The van der Waals surface area contributed by atoms with Crippen molar-refractivity contribution in [3.05, 3.63) is 28.6 Å². The molecule has 21 heavy (non-hydrogen) atoms. The van der Waals surface area contributed by atoms with Gasteiger partial charge >= 0.3 is 0 Å². The van der Waals surface area contributed by atoms with Crippen LogP contribution in [0.4, 0.5) is 10.8 Å². The molecule has 1 N–H and O–H groups in total. The summed E-state index contributed by atoms with van der Waals surface area (Å²) >= 11 is 1.63. The molecular weight excluding hydrogens is 286 g/mol. The number of ether oxygens (including phenoxy) is 2. The summed E-state index contributed by atoms with van der Waals surface area (Å²) in [7, 11) is 7.27. The molecule has 0 aliphatic rings. The van der Waals surface area contributed by atoms with Gasteiger partial charge in [0.2, 0.25) is 5.88 Å². The second-order valence-electron chi connectivity index (χ2n) is 4.86. The van der Waals surface area contributed by atoms with Crippen LogP contribution in [0.2, 0.25) is 0 Å². The van der Waals surface area contributed by atoms with Gasteiger partial charge in [0.15, 0.2) is 5.13 Å². The molecule has 0 unspecified atom stereocenters. The Hall–Kier alpha value is -1.95. The van der Waals surface area contributed by atoms with E-state index < -0.39 is 0 Å². The quantitative estimate of drug-likeness (QED) is 0.888. The van der Waals surface area contributed by atoms with Crippen LogP contribution in [0.3, 0.4) is 0 Å². The van der Waals surface area contributed by atoms with Gasteiger partial charge in [0.25, 0.3) is 0 Å². The molecule has 0 spiro atoms. The smallest absolute Gasteiger partial charge is 0.231 e. The molecule has 0 fully saturated rings. The molecule has 0 saturated heterocycles. The molecule has 2 aromatic rings. The van der Waals surface area contributed by atoms with E-state index in [4.69, 9.17) is 9.47 Å². The van der Waals surface area contributed by atoms with Crippen molar-refractivity contribution in [3.8, 4) is 11.6 Å². The molecule has 114 valence electrons. The van der Waals surface area contributed by atoms with Gasteiger partial charge in [-0.25, -0.2) is 0 Å². The normalized spacial score (nSPS) is 10.3. The van der Waals surface area contributed by atoms with E-state index in [0.717, 1.165) is 27.0 Å². The molecule has 0 bridgehead atoms. The van der Waals surface area contributed by atoms with Gasteiger partial charge in [-0.05, 0) is 30.7 Å². The molecule has 0 radical (unpaired) electrons. The third-order valence-electron chi connectivity index (χ3n) is 3.10. The third kappa shape index (κ3) is 3.58. The average Bonchev–Trinajstić information content (AvgIpc) is 2.89. The van der Waals surface area contributed by atoms with E-state index in [1.165, 1.54) is 0 Å². The number of nitrogens with zero attached hydrogens (tertiary/aromatic N) is 2. The lowest BCUT2D eigenvalue weighted by Gasteiger charge is -2.10. The highest BCUT2D eigenvalue weighted by Crippen LogP contribution is 2.31. The van der Waals surface area contributed by atoms with E-state index in [-0.39, 0.29) is 0 Å². The van der Waals surface area contributed by atoms with Crippen molar-refractivity contribution in [1.29, 1.82) is 0 Å². The fraction of sp³-hybridized carbons (Fsp3) is 0.400. The Balaban J connectivity index is 2.12. The average molecular weight is 307 g/mol. The first-order valence-electron chi connectivity index (χ1n) is 6.64. The number of aromatic nitrogens is 1. The highest BCUT2D eigenvalue weighted by Gasteiger charge is 2.13. The minimum atomic E-state index is 0.682. The van der Waals surface area contributed by atoms with Gasteiger partial charge in [0, 0.05) is 19.8 Å². The monoisotopic (exact) mass is 307 g/mol. The van der Waals surface area contributed by atoms with E-state index >= 15 is 0 Å². The number of nitrogens with one attached hydrogen (secondary N) is 1. The maximum Gasteiger partial charge on any atom is 0.231 e. The van der Waals surface area contributed by atoms with Gasteiger partial charge in [-0.1, -0.05) is 11.3 Å². The molecular formula is C15H21N3O2S. The summed E-state index contributed by atoms with van der Waals surface area (Å²) in [5, 5.41) is 4.36. The number of thiazole rings is 1. The lowest BCUT2D eigenvalue weighted by molar-refractivity contribution is 0.397. The van der Waals surface area contributed by atoms with E-state index in [9.17, 15) is 0 Å². The van der Waals surface area contributed by atoms with Crippen molar-refractivity contribution >= 4 is 22.2 Å². The summed E-state index contributed by atoms with van der Waals surface area (Å²) < 4.78 is 10.6. The summed E-state index contributed by atoms with van der Waals surface area (Å²) in [5.41, 5.74) is 2.23. The number of hydrogen-bond acceptors (Lipinski definition) is 6. The van der Waals surface area contributed by atoms with Crippen molar-refractivity contribution in [2.24, 2.45) is 0 Å². The number of aryl methyl sites for hydroxylation is 1. The Morgan fingerprint density at radius 1 is 1.24 bits per heavy atom. The SMILES string of the molecule is COc1ccc(NCc2sc(N(C)C)nc2OC)c(C)c1. The lowest BCUT2D eigenvalue weighted by Crippen LogP contribution is -2.07. The molecule has 0 atom stereocenters. The zero-order chi connectivity index (χ0) is 15.4. The van der Waals surface area contributed by atoms with Crippen LogP contribution in [0.25, 0.3) is 0 Å². The summed E-state index contributed by atoms with van der Waals surface area (Å²) in [6, 6.07) is 5.98. The number of hydrogen-bond donors (Lipinski definition) is 1. The maximum atomic E-state index is 5.34. The van der Waals surface area contributed by atoms with Gasteiger partial charge in [-0.3, -0.25) is 0 Å². The predicted molar refractivity (Wildman–Crippen MR) is 88.1 cm³/mol. The Labute approximate surface area is 129 Å². The second-order valence-corrected chi connectivity index (χ2v) is 5.92. The topological polar surface area (TPSA) is 46.6 Å². The molecule has 1 heterocycles. The molecule has 0 aliphatic heterocycles. The fourth-order valence-electron chi connectivity index (χ4n) is 1.93. The minimum absolute atomic E-state index is 0.682. The van der Waals surface area contributed by atoms with Crippen LogP contribution in [-0.2, 0) is 6.54 Å². The number of rotatable bonds is 6. The second kappa shape index (κ2) is 6.67. The Morgan fingerprint density at radius 2 is 2.00 bits per heavy atom. The van der Waals surface area contributed by atoms with Crippen LogP contribution in [0.15, 0.2) is 18.2 Å². The first-order valence-corrected chi connectivity index (χ1v) is 7.46. The largest absolute Gasteiger partial charge is 0.497 e. The fourth-order valence-corrected chi connectivity index (χ4v) is 2.82. The number of benzene rings is 1. The number of anilines is 2. The van der Waals surface area contributed by atoms with Crippen molar-refractivity contribution in [1.82, 2.24) is 4.98 Å². The molecule has 1 aromatic heterocycles. The van der Waals surface area contributed by atoms with Crippen LogP contribution in [0.5, 0.6) is 11.6 Å². The summed E-state index contributed by atoms with van der Waals surface area (Å²) in [6.45, 7) is 2.74. The van der Waals surface area contributed by atoms with Gasteiger partial charge < -0.3 is 19.7 Å². The zero-order valence-corrected chi connectivity index (χ0v) is 13.9. The zero-order valence-electron chi connectivity index (χ0n) is 13.1. The van der Waals surface area contributed by atoms with E-state index in [2.05, 4.69) is 17.2 Å². The minimum Gasteiger partial charge on any atom is -0.497 e. The molecule has 0 aliphatic carbocycles. The van der Waals surface area contributed by atoms with Gasteiger partial charge in [0.1, 0.15) is 5.75 Å². The van der Waals surface area contributed by atoms with Crippen molar-refractivity contribution in [2.75, 3.05) is 38.5 Å². The highest BCUT2D eigenvalue weighted by atomic mass is 32.1. The molecule has 6 heteroatoms. The Kier molecular flexibility index (Phi) is 4.90. The standard InChI is InChI=1S/C15H21N3O2S/c1-10-8-11(19-4)6-7-12(10)16-9-13-14(20-5)17-15(21-13)18(2)3/h6-8,16H,9H2,1-5H3.